The highest BCUT2D eigenvalue weighted by atomic mass is 16.4. The van der Waals surface area contributed by atoms with E-state index in [1.807, 2.05) is 54.7 Å². The van der Waals surface area contributed by atoms with Crippen molar-refractivity contribution < 1.29 is 14.3 Å². The minimum atomic E-state index is -0.956. The van der Waals surface area contributed by atoms with Crippen LogP contribution in [0.15, 0.2) is 77.5 Å². The maximum Gasteiger partial charge on any atom is 0.326 e. The molecular weight excluding hydrogens is 380 g/mol. The van der Waals surface area contributed by atoms with Crippen LogP contribution in [0.2, 0.25) is 0 Å². The molecular formula is C23H18N4O3. The minimum absolute atomic E-state index is 0.299. The number of carbonyl (C=O) groups is 1. The van der Waals surface area contributed by atoms with E-state index >= 15 is 0 Å². The zero-order valence-corrected chi connectivity index (χ0v) is 15.9. The lowest BCUT2D eigenvalue weighted by Gasteiger charge is -2.17. The fourth-order valence-electron chi connectivity index (χ4n) is 3.59. The molecule has 0 spiro atoms. The molecule has 0 saturated heterocycles. The van der Waals surface area contributed by atoms with Crippen molar-refractivity contribution in [2.24, 2.45) is 0 Å². The summed E-state index contributed by atoms with van der Waals surface area (Å²) in [6.07, 6.45) is 3.71. The number of anilines is 1. The Morgan fingerprint density at radius 3 is 2.63 bits per heavy atom. The van der Waals surface area contributed by atoms with E-state index in [-0.39, 0.29) is 0 Å². The lowest BCUT2D eigenvalue weighted by atomic mass is 10.0. The van der Waals surface area contributed by atoms with E-state index in [1.165, 1.54) is 0 Å². The third-order valence-corrected chi connectivity index (χ3v) is 5.05. The lowest BCUT2D eigenvalue weighted by molar-refractivity contribution is -0.137. The molecule has 0 saturated carbocycles. The van der Waals surface area contributed by atoms with Crippen molar-refractivity contribution in [2.75, 3.05) is 5.32 Å². The van der Waals surface area contributed by atoms with Crippen LogP contribution < -0.4 is 5.32 Å². The number of furan rings is 1. The van der Waals surface area contributed by atoms with Crippen LogP contribution in [0, 0.1) is 0 Å². The van der Waals surface area contributed by atoms with Gasteiger partial charge in [0.15, 0.2) is 11.6 Å². The summed E-state index contributed by atoms with van der Waals surface area (Å²) in [6, 6.07) is 18.0. The number of aromatic nitrogens is 3. The van der Waals surface area contributed by atoms with Crippen molar-refractivity contribution >= 4 is 33.6 Å². The SMILES string of the molecule is O=C(O)C(Cc1c[nH]c2ccccc12)Nc1nc(-c2ccco2)nc2ccccc12. The van der Waals surface area contributed by atoms with Crippen molar-refractivity contribution in [1.29, 1.82) is 0 Å². The molecule has 7 heteroatoms. The van der Waals surface area contributed by atoms with E-state index in [9.17, 15) is 9.90 Å². The zero-order valence-electron chi connectivity index (χ0n) is 15.9. The number of benzene rings is 2. The van der Waals surface area contributed by atoms with Crippen molar-refractivity contribution in [3.8, 4) is 11.6 Å². The molecule has 7 nitrogen and oxygen atoms in total. The molecule has 0 aliphatic rings. The van der Waals surface area contributed by atoms with Gasteiger partial charge < -0.3 is 19.8 Å². The van der Waals surface area contributed by atoms with Crippen molar-refractivity contribution in [2.45, 2.75) is 12.5 Å². The number of para-hydroxylation sites is 2. The molecule has 5 rings (SSSR count). The van der Waals surface area contributed by atoms with Crippen LogP contribution in [-0.2, 0) is 11.2 Å². The monoisotopic (exact) mass is 398 g/mol. The van der Waals surface area contributed by atoms with Gasteiger partial charge in [-0.1, -0.05) is 30.3 Å². The van der Waals surface area contributed by atoms with Crippen LogP contribution in [-0.4, -0.2) is 32.1 Å². The Hall–Kier alpha value is -4.13. The first-order chi connectivity index (χ1) is 14.7. The predicted octanol–water partition coefficient (Wildman–Crippen LogP) is 4.48. The molecule has 0 aliphatic heterocycles. The van der Waals surface area contributed by atoms with Crippen LogP contribution in [0.25, 0.3) is 33.4 Å². The van der Waals surface area contributed by atoms with Gasteiger partial charge in [0.05, 0.1) is 11.8 Å². The van der Waals surface area contributed by atoms with Gasteiger partial charge in [0, 0.05) is 28.9 Å². The molecule has 2 aromatic carbocycles. The molecule has 0 bridgehead atoms. The summed E-state index contributed by atoms with van der Waals surface area (Å²) in [4.78, 5) is 24.4. The third-order valence-electron chi connectivity index (χ3n) is 5.05. The summed E-state index contributed by atoms with van der Waals surface area (Å²) in [6.45, 7) is 0. The molecule has 3 heterocycles. The number of nitrogens with zero attached hydrogens (tertiary/aromatic N) is 2. The summed E-state index contributed by atoms with van der Waals surface area (Å²) >= 11 is 0. The molecule has 0 fully saturated rings. The van der Waals surface area contributed by atoms with Gasteiger partial charge in [0.2, 0.25) is 0 Å². The number of fused-ring (bicyclic) bond motifs is 2. The standard InChI is InChI=1S/C23H18N4O3/c28-23(29)19(12-14-13-24-17-8-3-1-6-15(14)17)26-21-16-7-2-4-9-18(16)25-22(27-21)20-10-5-11-30-20/h1-11,13,19,24H,12H2,(H,28,29)(H,25,26,27). The van der Waals surface area contributed by atoms with Crippen molar-refractivity contribution in [1.82, 2.24) is 15.0 Å². The van der Waals surface area contributed by atoms with Gasteiger partial charge in [-0.15, -0.1) is 0 Å². The normalized spacial score (nSPS) is 12.3. The average Bonchev–Trinajstić information content (AvgIpc) is 3.44. The Balaban J connectivity index is 1.54. The molecule has 5 aromatic rings. The number of carboxylic acid groups (broad SMARTS) is 1. The van der Waals surface area contributed by atoms with E-state index in [1.54, 1.807) is 18.4 Å². The summed E-state index contributed by atoms with van der Waals surface area (Å²) in [5.74, 6) is 0.423. The van der Waals surface area contributed by atoms with E-state index < -0.39 is 12.0 Å². The van der Waals surface area contributed by atoms with E-state index in [0.29, 0.717) is 29.3 Å². The molecule has 30 heavy (non-hydrogen) atoms. The van der Waals surface area contributed by atoms with Gasteiger partial charge in [-0.2, -0.15) is 0 Å². The number of H-pyrrole nitrogens is 1. The van der Waals surface area contributed by atoms with E-state index in [4.69, 9.17) is 4.42 Å². The average molecular weight is 398 g/mol. The first-order valence-electron chi connectivity index (χ1n) is 9.54. The molecule has 148 valence electrons. The minimum Gasteiger partial charge on any atom is -0.480 e. The van der Waals surface area contributed by atoms with E-state index in [2.05, 4.69) is 20.3 Å². The van der Waals surface area contributed by atoms with Gasteiger partial charge in [-0.3, -0.25) is 0 Å². The molecule has 0 amide bonds. The third kappa shape index (κ3) is 3.26. The highest BCUT2D eigenvalue weighted by Gasteiger charge is 2.22. The Morgan fingerprint density at radius 2 is 1.83 bits per heavy atom. The summed E-state index contributed by atoms with van der Waals surface area (Å²) < 4.78 is 5.44. The lowest BCUT2D eigenvalue weighted by Crippen LogP contribution is -2.32. The predicted molar refractivity (Wildman–Crippen MR) is 114 cm³/mol. The molecule has 3 N–H and O–H groups in total. The molecule has 0 radical (unpaired) electrons. The Morgan fingerprint density at radius 1 is 1.03 bits per heavy atom. The molecule has 1 unspecified atom stereocenters. The summed E-state index contributed by atoms with van der Waals surface area (Å²) in [5, 5.41) is 14.8. The van der Waals surface area contributed by atoms with Gasteiger partial charge in [-0.25, -0.2) is 14.8 Å². The quantitative estimate of drug-likeness (QED) is 0.390. The van der Waals surface area contributed by atoms with E-state index in [0.717, 1.165) is 21.9 Å². The van der Waals surface area contributed by atoms with Crippen LogP contribution in [0.1, 0.15) is 5.56 Å². The van der Waals surface area contributed by atoms with Crippen molar-refractivity contribution in [3.63, 3.8) is 0 Å². The largest absolute Gasteiger partial charge is 0.480 e. The van der Waals surface area contributed by atoms with Gasteiger partial charge in [0.25, 0.3) is 0 Å². The highest BCUT2D eigenvalue weighted by molar-refractivity contribution is 5.92. The van der Waals surface area contributed by atoms with Crippen molar-refractivity contribution in [3.05, 3.63) is 78.7 Å². The van der Waals surface area contributed by atoms with Crippen LogP contribution >= 0.6 is 0 Å². The fraction of sp³-hybridized carbons (Fsp3) is 0.0870. The topological polar surface area (TPSA) is 104 Å². The van der Waals surface area contributed by atoms with Gasteiger partial charge in [-0.05, 0) is 35.9 Å². The second-order valence-electron chi connectivity index (χ2n) is 6.99. The number of aromatic amines is 1. The van der Waals surface area contributed by atoms with Crippen LogP contribution in [0.3, 0.4) is 0 Å². The first-order valence-corrected chi connectivity index (χ1v) is 9.54. The summed E-state index contributed by atoms with van der Waals surface area (Å²) in [5.41, 5.74) is 2.61. The van der Waals surface area contributed by atoms with Crippen LogP contribution in [0.4, 0.5) is 5.82 Å². The van der Waals surface area contributed by atoms with Gasteiger partial charge in [0.1, 0.15) is 11.9 Å². The number of hydrogen-bond donors (Lipinski definition) is 3. The fourth-order valence-corrected chi connectivity index (χ4v) is 3.59. The molecule has 1 atom stereocenters. The maximum atomic E-state index is 12.1. The molecule has 3 aromatic heterocycles. The van der Waals surface area contributed by atoms with Gasteiger partial charge >= 0.3 is 5.97 Å². The first kappa shape index (κ1) is 17.9. The number of nitrogens with one attached hydrogen (secondary N) is 2. The Bertz CT molecular complexity index is 1340. The summed E-state index contributed by atoms with van der Waals surface area (Å²) in [7, 11) is 0. The molecule has 0 aliphatic carbocycles. The second-order valence-corrected chi connectivity index (χ2v) is 6.99. The Kier molecular flexibility index (Phi) is 4.40. The number of aliphatic carboxylic acids is 1. The number of rotatable bonds is 6. The van der Waals surface area contributed by atoms with Crippen LogP contribution in [0.5, 0.6) is 0 Å². The second kappa shape index (κ2) is 7.36. The Labute approximate surface area is 171 Å². The highest BCUT2D eigenvalue weighted by Crippen LogP contribution is 2.27. The number of carboxylic acids is 1. The smallest absolute Gasteiger partial charge is 0.326 e. The number of hydrogen-bond acceptors (Lipinski definition) is 5. The zero-order chi connectivity index (χ0) is 20.5. The maximum absolute atomic E-state index is 12.1.